The Morgan fingerprint density at radius 3 is 2.92 bits per heavy atom. The third-order valence-electron chi connectivity index (χ3n) is 1.44. The Hall–Kier alpha value is -0.740. The quantitative estimate of drug-likeness (QED) is 0.690. The van der Waals surface area contributed by atoms with Crippen molar-refractivity contribution in [1.29, 1.82) is 0 Å². The maximum atomic E-state index is 8.57. The van der Waals surface area contributed by atoms with Crippen LogP contribution in [-0.2, 0) is 0 Å². The van der Waals surface area contributed by atoms with Crippen molar-refractivity contribution in [3.8, 4) is 0 Å². The van der Waals surface area contributed by atoms with Crippen molar-refractivity contribution in [3.05, 3.63) is 22.7 Å². The lowest BCUT2D eigenvalue weighted by Crippen LogP contribution is -2.07. The summed E-state index contributed by atoms with van der Waals surface area (Å²) in [6, 6.07) is 5.56. The van der Waals surface area contributed by atoms with E-state index >= 15 is 0 Å². The number of benzene rings is 1. The zero-order valence-corrected chi connectivity index (χ0v) is 8.13. The maximum Gasteiger partial charge on any atom is 0.0604 e. The molecule has 1 aromatic rings. The molecule has 0 unspecified atom stereocenters. The number of hydrogen-bond acceptors (Lipinski definition) is 3. The van der Waals surface area contributed by atoms with Gasteiger partial charge in [-0.05, 0) is 18.2 Å². The molecule has 0 bridgehead atoms. The first-order valence-corrected chi connectivity index (χ1v) is 4.43. The topological polar surface area (TPSA) is 58.3 Å². The predicted molar refractivity (Wildman–Crippen MR) is 54.1 cm³/mol. The van der Waals surface area contributed by atoms with Crippen molar-refractivity contribution in [3.63, 3.8) is 0 Å². The van der Waals surface area contributed by atoms with Gasteiger partial charge in [0.2, 0.25) is 0 Å². The molecule has 0 atom stereocenters. The van der Waals surface area contributed by atoms with Crippen LogP contribution in [0.4, 0.5) is 11.4 Å². The average molecular weight is 231 g/mol. The van der Waals surface area contributed by atoms with Gasteiger partial charge in [0.05, 0.1) is 18.0 Å². The Morgan fingerprint density at radius 1 is 1.50 bits per heavy atom. The number of nitrogens with one attached hydrogen (secondary N) is 1. The largest absolute Gasteiger partial charge is 0.397 e. The van der Waals surface area contributed by atoms with Gasteiger partial charge in [0, 0.05) is 11.0 Å². The van der Waals surface area contributed by atoms with Crippen LogP contribution in [0.15, 0.2) is 22.7 Å². The lowest BCUT2D eigenvalue weighted by atomic mass is 10.3. The van der Waals surface area contributed by atoms with Crippen LogP contribution in [0.2, 0.25) is 0 Å². The van der Waals surface area contributed by atoms with Crippen molar-refractivity contribution < 1.29 is 5.11 Å². The van der Waals surface area contributed by atoms with Crippen molar-refractivity contribution in [2.45, 2.75) is 0 Å². The van der Waals surface area contributed by atoms with E-state index in [9.17, 15) is 0 Å². The molecule has 1 rings (SSSR count). The molecule has 4 N–H and O–H groups in total. The van der Waals surface area contributed by atoms with Gasteiger partial charge in [0.15, 0.2) is 0 Å². The summed E-state index contributed by atoms with van der Waals surface area (Å²) in [5.74, 6) is 0. The second kappa shape index (κ2) is 4.33. The molecular weight excluding hydrogens is 220 g/mol. The molecular formula is C8H11BrN2O. The van der Waals surface area contributed by atoms with Crippen LogP contribution in [0.5, 0.6) is 0 Å². The van der Waals surface area contributed by atoms with E-state index < -0.39 is 0 Å². The number of aliphatic hydroxyl groups excluding tert-OH is 1. The lowest BCUT2D eigenvalue weighted by molar-refractivity contribution is 0.311. The van der Waals surface area contributed by atoms with Crippen LogP contribution in [0, 0.1) is 0 Å². The third kappa shape index (κ3) is 2.39. The number of nitrogens with two attached hydrogens (primary N) is 1. The molecule has 0 heterocycles. The molecule has 0 fully saturated rings. The van der Waals surface area contributed by atoms with Gasteiger partial charge in [-0.25, -0.2) is 0 Å². The Labute approximate surface area is 79.7 Å². The molecule has 0 amide bonds. The van der Waals surface area contributed by atoms with Crippen LogP contribution in [-0.4, -0.2) is 18.3 Å². The highest BCUT2D eigenvalue weighted by Crippen LogP contribution is 2.22. The number of anilines is 2. The number of nitrogen functional groups attached to an aromatic ring is 1. The fraction of sp³-hybridized carbons (Fsp3) is 0.250. The summed E-state index contributed by atoms with van der Waals surface area (Å²) in [5.41, 5.74) is 7.20. The summed E-state index contributed by atoms with van der Waals surface area (Å²) < 4.78 is 0.970. The number of hydrogen-bond donors (Lipinski definition) is 3. The van der Waals surface area contributed by atoms with E-state index in [0.29, 0.717) is 12.2 Å². The molecule has 0 aliphatic carbocycles. The zero-order valence-electron chi connectivity index (χ0n) is 6.55. The Morgan fingerprint density at radius 2 is 2.25 bits per heavy atom. The van der Waals surface area contributed by atoms with Gasteiger partial charge in [0.1, 0.15) is 0 Å². The van der Waals surface area contributed by atoms with Crippen molar-refractivity contribution >= 4 is 27.3 Å². The third-order valence-corrected chi connectivity index (χ3v) is 1.94. The fourth-order valence-electron chi connectivity index (χ4n) is 0.872. The van der Waals surface area contributed by atoms with Crippen molar-refractivity contribution in [1.82, 2.24) is 0 Å². The number of rotatable bonds is 3. The van der Waals surface area contributed by atoms with Crippen LogP contribution in [0.3, 0.4) is 0 Å². The van der Waals surface area contributed by atoms with Gasteiger partial charge < -0.3 is 16.2 Å². The van der Waals surface area contributed by atoms with E-state index in [2.05, 4.69) is 21.2 Å². The lowest BCUT2D eigenvalue weighted by Gasteiger charge is -2.07. The highest BCUT2D eigenvalue weighted by molar-refractivity contribution is 9.10. The van der Waals surface area contributed by atoms with E-state index in [1.54, 1.807) is 0 Å². The molecule has 3 nitrogen and oxygen atoms in total. The van der Waals surface area contributed by atoms with Gasteiger partial charge in [0.25, 0.3) is 0 Å². The second-order valence-corrected chi connectivity index (χ2v) is 3.30. The predicted octanol–water partition coefficient (Wildman–Crippen LogP) is 1.44. The van der Waals surface area contributed by atoms with Gasteiger partial charge in [-0.2, -0.15) is 0 Å². The molecule has 0 aromatic heterocycles. The SMILES string of the molecule is Nc1ccc(Br)cc1NCCO. The van der Waals surface area contributed by atoms with E-state index in [1.807, 2.05) is 18.2 Å². The Balaban J connectivity index is 2.75. The monoisotopic (exact) mass is 230 g/mol. The minimum atomic E-state index is 0.103. The first-order valence-electron chi connectivity index (χ1n) is 3.64. The molecule has 4 heteroatoms. The number of halogens is 1. The standard InChI is InChI=1S/C8H11BrN2O/c9-6-1-2-7(10)8(5-6)11-3-4-12/h1-2,5,11-12H,3-4,10H2. The molecule has 0 aliphatic rings. The molecule has 0 aliphatic heterocycles. The van der Waals surface area contributed by atoms with Crippen LogP contribution in [0.1, 0.15) is 0 Å². The van der Waals surface area contributed by atoms with Crippen LogP contribution < -0.4 is 11.1 Å². The number of aliphatic hydroxyl groups is 1. The molecule has 0 saturated heterocycles. The molecule has 0 saturated carbocycles. The van der Waals surface area contributed by atoms with Gasteiger partial charge in [-0.1, -0.05) is 15.9 Å². The van der Waals surface area contributed by atoms with E-state index in [0.717, 1.165) is 10.2 Å². The Kier molecular flexibility index (Phi) is 3.37. The first kappa shape index (κ1) is 9.35. The average Bonchev–Trinajstić information content (AvgIpc) is 2.07. The summed E-state index contributed by atoms with van der Waals surface area (Å²) in [6.45, 7) is 0.618. The van der Waals surface area contributed by atoms with Gasteiger partial charge in [-0.3, -0.25) is 0 Å². The summed E-state index contributed by atoms with van der Waals surface area (Å²) in [4.78, 5) is 0. The minimum absolute atomic E-state index is 0.103. The Bertz CT molecular complexity index is 265. The fourth-order valence-corrected chi connectivity index (χ4v) is 1.23. The highest BCUT2D eigenvalue weighted by Gasteiger charge is 1.97. The van der Waals surface area contributed by atoms with Crippen molar-refractivity contribution in [2.24, 2.45) is 0 Å². The van der Waals surface area contributed by atoms with Gasteiger partial charge in [-0.15, -0.1) is 0 Å². The highest BCUT2D eigenvalue weighted by atomic mass is 79.9. The molecule has 1 aromatic carbocycles. The smallest absolute Gasteiger partial charge is 0.0604 e. The van der Waals surface area contributed by atoms with E-state index in [4.69, 9.17) is 10.8 Å². The minimum Gasteiger partial charge on any atom is -0.397 e. The first-order chi connectivity index (χ1) is 5.74. The van der Waals surface area contributed by atoms with Gasteiger partial charge >= 0.3 is 0 Å². The molecule has 0 spiro atoms. The van der Waals surface area contributed by atoms with Crippen LogP contribution in [0.25, 0.3) is 0 Å². The maximum absolute atomic E-state index is 8.57. The summed E-state index contributed by atoms with van der Waals surface area (Å²) >= 11 is 3.33. The summed E-state index contributed by atoms with van der Waals surface area (Å²) in [6.07, 6.45) is 0. The zero-order chi connectivity index (χ0) is 8.97. The van der Waals surface area contributed by atoms with Crippen LogP contribution >= 0.6 is 15.9 Å². The summed E-state index contributed by atoms with van der Waals surface area (Å²) in [7, 11) is 0. The van der Waals surface area contributed by atoms with Crippen molar-refractivity contribution in [2.75, 3.05) is 24.2 Å². The molecule has 12 heavy (non-hydrogen) atoms. The summed E-state index contributed by atoms with van der Waals surface area (Å²) in [5, 5.41) is 11.6. The van der Waals surface area contributed by atoms with E-state index in [1.165, 1.54) is 0 Å². The second-order valence-electron chi connectivity index (χ2n) is 2.38. The van der Waals surface area contributed by atoms with E-state index in [-0.39, 0.29) is 6.61 Å². The molecule has 66 valence electrons. The normalized spacial score (nSPS) is 9.83. The molecule has 0 radical (unpaired) electrons.